The van der Waals surface area contributed by atoms with Crippen molar-refractivity contribution in [3.8, 4) is 0 Å². The van der Waals surface area contributed by atoms with E-state index in [-0.39, 0.29) is 0 Å². The van der Waals surface area contributed by atoms with Crippen molar-refractivity contribution in [1.82, 2.24) is 10.2 Å². The summed E-state index contributed by atoms with van der Waals surface area (Å²) in [6.45, 7) is 9.37. The van der Waals surface area contributed by atoms with Gasteiger partial charge in [-0.2, -0.15) is 0 Å². The van der Waals surface area contributed by atoms with Gasteiger partial charge in [0.1, 0.15) is 5.76 Å². The van der Waals surface area contributed by atoms with E-state index in [0.29, 0.717) is 0 Å². The lowest BCUT2D eigenvalue weighted by atomic mass is 10.3. The molecule has 0 atom stereocenters. The number of hydrogen-bond donors (Lipinski definition) is 1. The van der Waals surface area contributed by atoms with Crippen LogP contribution in [-0.2, 0) is 13.1 Å². The number of likely N-dealkylation sites (N-methyl/N-ethyl adjacent to an activating group) is 1. The molecule has 3 heteroatoms. The van der Waals surface area contributed by atoms with Crippen molar-refractivity contribution < 1.29 is 4.42 Å². The van der Waals surface area contributed by atoms with Gasteiger partial charge in [0.15, 0.2) is 0 Å². The maximum absolute atomic E-state index is 5.46. The van der Waals surface area contributed by atoms with Crippen molar-refractivity contribution in [3.05, 3.63) is 36.3 Å². The Hall–Kier alpha value is -1.06. The van der Waals surface area contributed by atoms with Gasteiger partial charge >= 0.3 is 0 Å². The van der Waals surface area contributed by atoms with Crippen molar-refractivity contribution in [2.24, 2.45) is 0 Å². The molecule has 84 valence electrons. The van der Waals surface area contributed by atoms with Crippen LogP contribution in [0, 0.1) is 0 Å². The van der Waals surface area contributed by atoms with Crippen LogP contribution in [0.3, 0.4) is 0 Å². The Labute approximate surface area is 91.8 Å². The molecule has 0 bridgehead atoms. The maximum Gasteiger partial charge on any atom is 0.118 e. The maximum atomic E-state index is 5.46. The van der Waals surface area contributed by atoms with Crippen LogP contribution in [0.1, 0.15) is 18.2 Å². The van der Waals surface area contributed by atoms with E-state index in [0.717, 1.165) is 31.9 Å². The van der Waals surface area contributed by atoms with Gasteiger partial charge in [0, 0.05) is 18.7 Å². The summed E-state index contributed by atoms with van der Waals surface area (Å²) < 4.78 is 5.46. The fraction of sp³-hybridized carbons (Fsp3) is 0.500. The second-order valence-corrected chi connectivity index (χ2v) is 3.69. The number of nitrogens with zero attached hydrogens (tertiary/aromatic N) is 1. The van der Waals surface area contributed by atoms with Gasteiger partial charge in [-0.05, 0) is 19.7 Å². The molecule has 1 rings (SSSR count). The van der Waals surface area contributed by atoms with E-state index < -0.39 is 0 Å². The lowest BCUT2D eigenvalue weighted by Crippen LogP contribution is -2.17. The van der Waals surface area contributed by atoms with E-state index in [1.54, 1.807) is 0 Å². The predicted molar refractivity (Wildman–Crippen MR) is 62.6 cm³/mol. The largest absolute Gasteiger partial charge is 0.468 e. The highest BCUT2D eigenvalue weighted by molar-refractivity contribution is 5.12. The Morgan fingerprint density at radius 3 is 3.07 bits per heavy atom. The molecule has 1 aromatic heterocycles. The molecule has 0 unspecified atom stereocenters. The third-order valence-corrected chi connectivity index (χ3v) is 2.15. The average molecular weight is 208 g/mol. The van der Waals surface area contributed by atoms with Crippen LogP contribution in [0.25, 0.3) is 0 Å². The fourth-order valence-electron chi connectivity index (χ4n) is 1.42. The summed E-state index contributed by atoms with van der Waals surface area (Å²) in [7, 11) is 2.05. The zero-order valence-corrected chi connectivity index (χ0v) is 9.62. The highest BCUT2D eigenvalue weighted by Crippen LogP contribution is 2.09. The van der Waals surface area contributed by atoms with Crippen LogP contribution >= 0.6 is 0 Å². The summed E-state index contributed by atoms with van der Waals surface area (Å²) in [6.07, 6.45) is 3.71. The summed E-state index contributed by atoms with van der Waals surface area (Å²) >= 11 is 0. The van der Waals surface area contributed by atoms with Gasteiger partial charge in [0.25, 0.3) is 0 Å². The first-order chi connectivity index (χ1) is 7.26. The minimum atomic E-state index is 0.831. The normalized spacial score (nSPS) is 10.9. The van der Waals surface area contributed by atoms with E-state index in [9.17, 15) is 0 Å². The Kier molecular flexibility index (Phi) is 5.15. The predicted octanol–water partition coefficient (Wildman–Crippen LogP) is 2.01. The first-order valence-corrected chi connectivity index (χ1v) is 5.32. The molecule has 0 amide bonds. The molecule has 3 nitrogen and oxygen atoms in total. The molecule has 0 aliphatic carbocycles. The highest BCUT2D eigenvalue weighted by atomic mass is 16.3. The minimum absolute atomic E-state index is 0.831. The van der Waals surface area contributed by atoms with Gasteiger partial charge in [-0.15, -0.1) is 6.58 Å². The molecule has 0 spiro atoms. The molecule has 0 aromatic carbocycles. The number of hydrogen-bond acceptors (Lipinski definition) is 3. The fourth-order valence-corrected chi connectivity index (χ4v) is 1.42. The molecule has 0 saturated carbocycles. The molecule has 0 radical (unpaired) electrons. The van der Waals surface area contributed by atoms with Crippen LogP contribution in [0.5, 0.6) is 0 Å². The number of furan rings is 1. The second-order valence-electron chi connectivity index (χ2n) is 3.69. The summed E-state index contributed by atoms with van der Waals surface area (Å²) in [5.41, 5.74) is 1.21. The summed E-state index contributed by atoms with van der Waals surface area (Å²) in [6, 6.07) is 2.10. The van der Waals surface area contributed by atoms with Crippen molar-refractivity contribution in [3.63, 3.8) is 0 Å². The first-order valence-electron chi connectivity index (χ1n) is 5.32. The SMILES string of the molecule is C=CCN(C)Cc1cc(CNCC)co1. The third kappa shape index (κ3) is 4.32. The van der Waals surface area contributed by atoms with Crippen molar-refractivity contribution in [2.75, 3.05) is 20.1 Å². The van der Waals surface area contributed by atoms with Crippen molar-refractivity contribution >= 4 is 0 Å². The van der Waals surface area contributed by atoms with Gasteiger partial charge in [-0.25, -0.2) is 0 Å². The summed E-state index contributed by atoms with van der Waals surface area (Å²) in [5.74, 6) is 1.01. The Balaban J connectivity index is 2.41. The topological polar surface area (TPSA) is 28.4 Å². The van der Waals surface area contributed by atoms with Crippen LogP contribution < -0.4 is 5.32 Å². The lowest BCUT2D eigenvalue weighted by molar-refractivity contribution is 0.322. The third-order valence-electron chi connectivity index (χ3n) is 2.15. The molecular weight excluding hydrogens is 188 g/mol. The van der Waals surface area contributed by atoms with E-state index in [1.807, 2.05) is 19.4 Å². The second kappa shape index (κ2) is 6.43. The Morgan fingerprint density at radius 2 is 2.40 bits per heavy atom. The summed E-state index contributed by atoms with van der Waals surface area (Å²) in [5, 5.41) is 3.27. The van der Waals surface area contributed by atoms with Crippen LogP contribution in [0.4, 0.5) is 0 Å². The van der Waals surface area contributed by atoms with Crippen LogP contribution in [-0.4, -0.2) is 25.0 Å². The van der Waals surface area contributed by atoms with Crippen LogP contribution in [0.2, 0.25) is 0 Å². The van der Waals surface area contributed by atoms with E-state index in [2.05, 4.69) is 29.8 Å². The standard InChI is InChI=1S/C12H20N2O/c1-4-6-14(3)9-12-7-11(10-15-12)8-13-5-2/h4,7,10,13H,1,5-6,8-9H2,2-3H3. The molecular formula is C12H20N2O. The smallest absolute Gasteiger partial charge is 0.118 e. The molecule has 0 aliphatic rings. The molecule has 0 saturated heterocycles. The van der Waals surface area contributed by atoms with Gasteiger partial charge in [-0.1, -0.05) is 13.0 Å². The zero-order chi connectivity index (χ0) is 11.1. The Morgan fingerprint density at radius 1 is 1.60 bits per heavy atom. The summed E-state index contributed by atoms with van der Waals surface area (Å²) in [4.78, 5) is 2.16. The monoisotopic (exact) mass is 208 g/mol. The molecule has 1 N–H and O–H groups in total. The molecule has 15 heavy (non-hydrogen) atoms. The average Bonchev–Trinajstić information content (AvgIpc) is 2.63. The van der Waals surface area contributed by atoms with E-state index in [4.69, 9.17) is 4.42 Å². The van der Waals surface area contributed by atoms with Gasteiger partial charge in [0.05, 0.1) is 12.8 Å². The van der Waals surface area contributed by atoms with Crippen molar-refractivity contribution in [2.45, 2.75) is 20.0 Å². The Bertz CT molecular complexity index is 294. The quantitative estimate of drug-likeness (QED) is 0.695. The first kappa shape index (κ1) is 12.0. The van der Waals surface area contributed by atoms with Crippen molar-refractivity contribution in [1.29, 1.82) is 0 Å². The lowest BCUT2D eigenvalue weighted by Gasteiger charge is -2.11. The number of nitrogens with one attached hydrogen (secondary N) is 1. The van der Waals surface area contributed by atoms with Gasteiger partial charge in [0.2, 0.25) is 0 Å². The van der Waals surface area contributed by atoms with Crippen LogP contribution in [0.15, 0.2) is 29.4 Å². The van der Waals surface area contributed by atoms with Gasteiger partial charge in [-0.3, -0.25) is 4.90 Å². The molecule has 1 heterocycles. The van der Waals surface area contributed by atoms with Gasteiger partial charge < -0.3 is 9.73 Å². The van der Waals surface area contributed by atoms with E-state index >= 15 is 0 Å². The minimum Gasteiger partial charge on any atom is -0.468 e. The zero-order valence-electron chi connectivity index (χ0n) is 9.62. The van der Waals surface area contributed by atoms with E-state index in [1.165, 1.54) is 5.56 Å². The molecule has 0 aliphatic heterocycles. The highest BCUT2D eigenvalue weighted by Gasteiger charge is 2.03. The number of rotatable bonds is 7. The molecule has 1 aromatic rings. The molecule has 0 fully saturated rings.